The standard InChI is InChI=1S/C23H32N4O5.C17H26N2O5/c1-31-19-13-6-5-11-18(19)15-24-22(29)21-25-23(32-27-21)17(14-20(28)26-30)12-7-10-16-8-3-2-4-9-16;1-2-23-17(22)15-18-16(24-19-15)13(11-14(20)21)10-6-9-12-7-4-3-5-8-12/h5-6,11,13,16-17,30H,2-4,7-10,12,14-15H2,1H3,(H,24,29)(H,26,28);12-13H,2-11H2,1H3,(H,20,21)/t17-;13-/m11/s1. The molecule has 0 saturated heterocycles. The second kappa shape index (κ2) is 23.9. The molecule has 0 bridgehead atoms. The minimum absolute atomic E-state index is 0.0195. The Kier molecular flexibility index (Phi) is 18.7. The van der Waals surface area contributed by atoms with E-state index in [2.05, 4.69) is 25.6 Å². The average Bonchev–Trinajstić information content (AvgIpc) is 3.92. The first-order valence-corrected chi connectivity index (χ1v) is 20.1. The molecule has 1 aromatic carbocycles. The van der Waals surface area contributed by atoms with Crippen LogP contribution in [-0.2, 0) is 20.9 Å². The number of nitrogens with one attached hydrogen (secondary N) is 2. The first-order chi connectivity index (χ1) is 27.2. The largest absolute Gasteiger partial charge is 0.496 e. The molecule has 2 saturated carbocycles. The number of para-hydroxylation sites is 1. The third kappa shape index (κ3) is 14.7. The SMILES string of the molecule is CCOC(=O)c1noc([C@H](CCCC2CCCCC2)CC(=O)O)n1.COc1ccccc1CNC(=O)c1noc([C@H](CCCC2CCCCC2)CC(=O)NO)n1. The van der Waals surface area contributed by atoms with Gasteiger partial charge in [0, 0.05) is 30.4 Å². The van der Waals surface area contributed by atoms with Gasteiger partial charge in [-0.25, -0.2) is 10.3 Å². The Morgan fingerprint density at radius 3 is 1.93 bits per heavy atom. The number of carboxylic acid groups (broad SMARTS) is 1. The summed E-state index contributed by atoms with van der Waals surface area (Å²) in [4.78, 5) is 55.3. The summed E-state index contributed by atoms with van der Waals surface area (Å²) < 4.78 is 20.5. The lowest BCUT2D eigenvalue weighted by Gasteiger charge is -2.22. The van der Waals surface area contributed by atoms with Crippen molar-refractivity contribution in [1.29, 1.82) is 0 Å². The first kappa shape index (κ1) is 43.9. The van der Waals surface area contributed by atoms with Gasteiger partial charge < -0.3 is 28.9 Å². The van der Waals surface area contributed by atoms with Gasteiger partial charge in [0.1, 0.15) is 5.75 Å². The van der Waals surface area contributed by atoms with Crippen LogP contribution in [0.1, 0.15) is 173 Å². The summed E-state index contributed by atoms with van der Waals surface area (Å²) in [5, 5.41) is 28.2. The van der Waals surface area contributed by atoms with Crippen molar-refractivity contribution >= 4 is 23.8 Å². The summed E-state index contributed by atoms with van der Waals surface area (Å²) in [5.74, 6) is -0.888. The van der Waals surface area contributed by atoms with Gasteiger partial charge in [-0.2, -0.15) is 9.97 Å². The lowest BCUT2D eigenvalue weighted by atomic mass is 9.84. The van der Waals surface area contributed by atoms with Crippen LogP contribution in [0.25, 0.3) is 0 Å². The number of rotatable bonds is 20. The van der Waals surface area contributed by atoms with Crippen molar-refractivity contribution < 1.29 is 48.0 Å². The Morgan fingerprint density at radius 2 is 1.38 bits per heavy atom. The van der Waals surface area contributed by atoms with Gasteiger partial charge in [0.2, 0.25) is 17.7 Å². The number of hydrogen-bond donors (Lipinski definition) is 4. The van der Waals surface area contributed by atoms with Crippen molar-refractivity contribution in [3.05, 3.63) is 53.3 Å². The number of nitrogens with zero attached hydrogens (tertiary/aromatic N) is 4. The smallest absolute Gasteiger partial charge is 0.379 e. The Labute approximate surface area is 327 Å². The molecule has 0 radical (unpaired) electrons. The molecule has 2 aromatic heterocycles. The molecule has 3 aromatic rings. The van der Waals surface area contributed by atoms with E-state index in [0.717, 1.165) is 43.1 Å². The van der Waals surface area contributed by atoms with E-state index >= 15 is 0 Å². The Balaban J connectivity index is 0.000000259. The maximum Gasteiger partial charge on any atom is 0.379 e. The fourth-order valence-corrected chi connectivity index (χ4v) is 7.64. The van der Waals surface area contributed by atoms with Crippen LogP contribution in [0.15, 0.2) is 33.3 Å². The minimum Gasteiger partial charge on any atom is -0.496 e. The highest BCUT2D eigenvalue weighted by atomic mass is 16.5. The molecular weight excluding hydrogens is 724 g/mol. The molecule has 0 aliphatic heterocycles. The molecule has 16 nitrogen and oxygen atoms in total. The average molecular weight is 783 g/mol. The second-order valence-corrected chi connectivity index (χ2v) is 14.7. The van der Waals surface area contributed by atoms with Crippen LogP contribution in [0.5, 0.6) is 5.75 Å². The van der Waals surface area contributed by atoms with E-state index in [9.17, 15) is 19.2 Å². The molecular formula is C40H58N6O10. The molecule has 2 fully saturated rings. The molecule has 2 amide bonds. The number of hydroxylamine groups is 1. The molecule has 5 rings (SSSR count). The third-order valence-corrected chi connectivity index (χ3v) is 10.6. The van der Waals surface area contributed by atoms with Crippen LogP contribution in [0.4, 0.5) is 0 Å². The van der Waals surface area contributed by atoms with Crippen molar-refractivity contribution in [2.75, 3.05) is 13.7 Å². The van der Waals surface area contributed by atoms with Crippen LogP contribution < -0.4 is 15.5 Å². The number of ether oxygens (including phenoxy) is 2. The minimum atomic E-state index is -0.909. The Bertz CT molecular complexity index is 1650. The van der Waals surface area contributed by atoms with Gasteiger partial charge in [0.05, 0.1) is 20.1 Å². The van der Waals surface area contributed by atoms with Crippen LogP contribution in [0, 0.1) is 11.8 Å². The fraction of sp³-hybridized carbons (Fsp3) is 0.650. The van der Waals surface area contributed by atoms with Crippen LogP contribution in [-0.4, -0.2) is 68.1 Å². The van der Waals surface area contributed by atoms with Gasteiger partial charge in [-0.05, 0) is 42.8 Å². The van der Waals surface area contributed by atoms with Gasteiger partial charge in [-0.3, -0.25) is 19.6 Å². The van der Waals surface area contributed by atoms with Gasteiger partial charge in [0.25, 0.3) is 17.6 Å². The highest BCUT2D eigenvalue weighted by molar-refractivity contribution is 5.90. The molecule has 0 spiro atoms. The third-order valence-electron chi connectivity index (χ3n) is 10.6. The summed E-state index contributed by atoms with van der Waals surface area (Å²) in [6.07, 6.45) is 18.3. The number of esters is 1. The predicted molar refractivity (Wildman–Crippen MR) is 202 cm³/mol. The maximum atomic E-state index is 12.5. The molecule has 308 valence electrons. The lowest BCUT2D eigenvalue weighted by Crippen LogP contribution is -2.24. The van der Waals surface area contributed by atoms with E-state index in [1.54, 1.807) is 19.5 Å². The summed E-state index contributed by atoms with van der Waals surface area (Å²) in [7, 11) is 1.57. The Morgan fingerprint density at radius 1 is 0.821 bits per heavy atom. The fourth-order valence-electron chi connectivity index (χ4n) is 7.64. The molecule has 0 unspecified atom stereocenters. The van der Waals surface area contributed by atoms with Crippen molar-refractivity contribution in [3.63, 3.8) is 0 Å². The quantitative estimate of drug-likeness (QED) is 0.0501. The molecule has 2 aliphatic carbocycles. The number of hydrogen-bond acceptors (Lipinski definition) is 13. The van der Waals surface area contributed by atoms with Crippen LogP contribution >= 0.6 is 0 Å². The predicted octanol–water partition coefficient (Wildman–Crippen LogP) is 7.29. The van der Waals surface area contributed by atoms with Gasteiger partial charge in [0.15, 0.2) is 0 Å². The second-order valence-electron chi connectivity index (χ2n) is 14.7. The zero-order chi connectivity index (χ0) is 40.1. The number of carbonyl (C=O) groups is 4. The molecule has 2 atom stereocenters. The Hall–Kier alpha value is -4.86. The molecule has 2 heterocycles. The van der Waals surface area contributed by atoms with Crippen LogP contribution in [0.2, 0.25) is 0 Å². The van der Waals surface area contributed by atoms with E-state index in [0.29, 0.717) is 18.6 Å². The molecule has 2 aliphatic rings. The van der Waals surface area contributed by atoms with E-state index in [1.165, 1.54) is 64.2 Å². The number of aliphatic carboxylic acids is 1. The number of carbonyl (C=O) groups excluding carboxylic acids is 3. The van der Waals surface area contributed by atoms with Crippen molar-refractivity contribution in [1.82, 2.24) is 31.1 Å². The van der Waals surface area contributed by atoms with Gasteiger partial charge in [-0.1, -0.05) is 113 Å². The van der Waals surface area contributed by atoms with E-state index in [-0.39, 0.29) is 61.3 Å². The van der Waals surface area contributed by atoms with Crippen molar-refractivity contribution in [2.45, 2.75) is 141 Å². The van der Waals surface area contributed by atoms with E-state index < -0.39 is 23.8 Å². The molecule has 4 N–H and O–H groups in total. The summed E-state index contributed by atoms with van der Waals surface area (Å²) in [5.41, 5.74) is 2.49. The number of carboxylic acids is 1. The first-order valence-electron chi connectivity index (χ1n) is 20.1. The normalized spacial score (nSPS) is 15.8. The molecule has 16 heteroatoms. The van der Waals surface area contributed by atoms with Crippen LogP contribution in [0.3, 0.4) is 0 Å². The number of aromatic nitrogens is 4. The van der Waals surface area contributed by atoms with Crippen molar-refractivity contribution in [3.8, 4) is 5.75 Å². The summed E-state index contributed by atoms with van der Waals surface area (Å²) >= 11 is 0. The number of methoxy groups -OCH3 is 1. The highest BCUT2D eigenvalue weighted by Gasteiger charge is 2.27. The topological polar surface area (TPSA) is 229 Å². The highest BCUT2D eigenvalue weighted by Crippen LogP contribution is 2.32. The van der Waals surface area contributed by atoms with E-state index in [1.807, 2.05) is 24.3 Å². The maximum absolute atomic E-state index is 12.5. The number of benzene rings is 1. The zero-order valence-electron chi connectivity index (χ0n) is 32.7. The number of amides is 2. The van der Waals surface area contributed by atoms with Crippen molar-refractivity contribution in [2.24, 2.45) is 11.8 Å². The van der Waals surface area contributed by atoms with Gasteiger partial charge >= 0.3 is 11.9 Å². The summed E-state index contributed by atoms with van der Waals surface area (Å²) in [6, 6.07) is 7.39. The van der Waals surface area contributed by atoms with E-state index in [4.69, 9.17) is 28.8 Å². The van der Waals surface area contributed by atoms with Gasteiger partial charge in [-0.15, -0.1) is 0 Å². The lowest BCUT2D eigenvalue weighted by molar-refractivity contribution is -0.137. The summed E-state index contributed by atoms with van der Waals surface area (Å²) in [6.45, 7) is 2.17. The molecule has 56 heavy (non-hydrogen) atoms. The zero-order valence-corrected chi connectivity index (χ0v) is 32.7. The monoisotopic (exact) mass is 782 g/mol.